The van der Waals surface area contributed by atoms with E-state index >= 15 is 0 Å². The Morgan fingerprint density at radius 3 is 2.46 bits per heavy atom. The standard InChI is InChI=1S/C19H28N4O3/c1-19(2,3)17-21-18(22-26-17)20-13-16(23-9-11-25-12-10-23)14-5-7-15(24-4)8-6-14/h5-8,16H,9-13H2,1-4H3,(H,20,22). The monoisotopic (exact) mass is 360 g/mol. The molecule has 26 heavy (non-hydrogen) atoms. The van der Waals surface area contributed by atoms with E-state index in [9.17, 15) is 0 Å². The van der Waals surface area contributed by atoms with Gasteiger partial charge in [0.2, 0.25) is 5.89 Å². The fraction of sp³-hybridized carbons (Fsp3) is 0.579. The van der Waals surface area contributed by atoms with Crippen molar-refractivity contribution in [2.75, 3.05) is 45.3 Å². The third-order valence-electron chi connectivity index (χ3n) is 4.51. The van der Waals surface area contributed by atoms with Crippen LogP contribution in [0.3, 0.4) is 0 Å². The lowest BCUT2D eigenvalue weighted by atomic mass is 9.97. The van der Waals surface area contributed by atoms with Gasteiger partial charge in [-0.3, -0.25) is 4.90 Å². The lowest BCUT2D eigenvalue weighted by Gasteiger charge is -2.34. The van der Waals surface area contributed by atoms with Gasteiger partial charge in [0, 0.05) is 25.0 Å². The zero-order chi connectivity index (χ0) is 18.6. The molecular weight excluding hydrogens is 332 g/mol. The predicted octanol–water partition coefficient (Wildman–Crippen LogP) is 2.86. The van der Waals surface area contributed by atoms with Gasteiger partial charge < -0.3 is 19.3 Å². The quantitative estimate of drug-likeness (QED) is 0.849. The number of methoxy groups -OCH3 is 1. The number of hydrogen-bond donors (Lipinski definition) is 1. The van der Waals surface area contributed by atoms with Crippen LogP contribution in [0.4, 0.5) is 5.95 Å². The van der Waals surface area contributed by atoms with Gasteiger partial charge in [0.05, 0.1) is 26.4 Å². The van der Waals surface area contributed by atoms with Gasteiger partial charge in [0.25, 0.3) is 5.95 Å². The van der Waals surface area contributed by atoms with Gasteiger partial charge in [-0.1, -0.05) is 32.9 Å². The van der Waals surface area contributed by atoms with Crippen LogP contribution in [0.1, 0.15) is 38.3 Å². The fourth-order valence-corrected chi connectivity index (χ4v) is 2.96. The van der Waals surface area contributed by atoms with Crippen LogP contribution < -0.4 is 10.1 Å². The zero-order valence-electron chi connectivity index (χ0n) is 16.0. The molecule has 0 bridgehead atoms. The highest BCUT2D eigenvalue weighted by atomic mass is 16.5. The molecular formula is C19H28N4O3. The summed E-state index contributed by atoms with van der Waals surface area (Å²) in [6.07, 6.45) is 0. The molecule has 7 heteroatoms. The zero-order valence-corrected chi connectivity index (χ0v) is 16.0. The molecule has 0 saturated carbocycles. The maximum atomic E-state index is 5.50. The highest BCUT2D eigenvalue weighted by Gasteiger charge is 2.25. The van der Waals surface area contributed by atoms with Crippen molar-refractivity contribution in [3.63, 3.8) is 0 Å². The Hall–Kier alpha value is -2.12. The Morgan fingerprint density at radius 2 is 1.88 bits per heavy atom. The normalized spacial score (nSPS) is 17.1. The molecule has 1 aliphatic rings. The Labute approximate surface area is 154 Å². The molecule has 142 valence electrons. The summed E-state index contributed by atoms with van der Waals surface area (Å²) in [6, 6.07) is 8.40. The molecule has 1 aromatic heterocycles. The number of hydrogen-bond acceptors (Lipinski definition) is 7. The first kappa shape index (κ1) is 18.7. The number of anilines is 1. The van der Waals surface area contributed by atoms with Gasteiger partial charge in [-0.2, -0.15) is 4.98 Å². The van der Waals surface area contributed by atoms with E-state index in [1.54, 1.807) is 7.11 Å². The van der Waals surface area contributed by atoms with Gasteiger partial charge in [0.1, 0.15) is 5.75 Å². The summed E-state index contributed by atoms with van der Waals surface area (Å²) in [7, 11) is 1.68. The molecule has 0 radical (unpaired) electrons. The second-order valence-electron chi connectivity index (χ2n) is 7.49. The summed E-state index contributed by atoms with van der Waals surface area (Å²) in [4.78, 5) is 6.89. The molecule has 1 N–H and O–H groups in total. The van der Waals surface area contributed by atoms with E-state index in [0.29, 0.717) is 18.4 Å². The van der Waals surface area contributed by atoms with Crippen molar-refractivity contribution in [1.82, 2.24) is 15.0 Å². The average Bonchev–Trinajstić information content (AvgIpc) is 3.13. The van der Waals surface area contributed by atoms with Crippen molar-refractivity contribution in [3.8, 4) is 5.75 Å². The molecule has 1 atom stereocenters. The van der Waals surface area contributed by atoms with Crippen LogP contribution >= 0.6 is 0 Å². The highest BCUT2D eigenvalue weighted by Crippen LogP contribution is 2.25. The van der Waals surface area contributed by atoms with Crippen molar-refractivity contribution in [2.24, 2.45) is 0 Å². The molecule has 0 aliphatic carbocycles. The van der Waals surface area contributed by atoms with Crippen molar-refractivity contribution < 1.29 is 14.0 Å². The van der Waals surface area contributed by atoms with E-state index in [2.05, 4.69) is 53.3 Å². The first-order valence-corrected chi connectivity index (χ1v) is 9.01. The van der Waals surface area contributed by atoms with Crippen LogP contribution in [0.5, 0.6) is 5.75 Å². The molecule has 2 aromatic rings. The van der Waals surface area contributed by atoms with Crippen LogP contribution in [-0.4, -0.2) is 55.0 Å². The molecule has 1 aromatic carbocycles. The minimum atomic E-state index is -0.160. The van der Waals surface area contributed by atoms with Gasteiger partial charge in [-0.05, 0) is 22.9 Å². The summed E-state index contributed by atoms with van der Waals surface area (Å²) < 4.78 is 16.1. The van der Waals surface area contributed by atoms with Crippen molar-refractivity contribution in [3.05, 3.63) is 35.7 Å². The molecule has 1 unspecified atom stereocenters. The summed E-state index contributed by atoms with van der Waals surface area (Å²) in [5.74, 6) is 2.02. The van der Waals surface area contributed by atoms with E-state index in [1.165, 1.54) is 5.56 Å². The Balaban J connectivity index is 1.73. The number of ether oxygens (including phenoxy) is 2. The van der Waals surface area contributed by atoms with Crippen LogP contribution in [-0.2, 0) is 10.2 Å². The topological polar surface area (TPSA) is 72.7 Å². The van der Waals surface area contributed by atoms with E-state index in [1.807, 2.05) is 12.1 Å². The third kappa shape index (κ3) is 4.53. The number of nitrogens with zero attached hydrogens (tertiary/aromatic N) is 3. The van der Waals surface area contributed by atoms with Gasteiger partial charge in [0.15, 0.2) is 0 Å². The van der Waals surface area contributed by atoms with Crippen LogP contribution in [0, 0.1) is 0 Å². The SMILES string of the molecule is COc1ccc(C(CNc2noc(C(C)(C)C)n2)N2CCOCC2)cc1. The molecule has 0 amide bonds. The number of aromatic nitrogens is 2. The molecule has 1 fully saturated rings. The van der Waals surface area contributed by atoms with Gasteiger partial charge >= 0.3 is 0 Å². The number of morpholine rings is 1. The lowest BCUT2D eigenvalue weighted by molar-refractivity contribution is 0.0186. The van der Waals surface area contributed by atoms with Crippen LogP contribution in [0.2, 0.25) is 0 Å². The average molecular weight is 360 g/mol. The van der Waals surface area contributed by atoms with E-state index in [4.69, 9.17) is 14.0 Å². The highest BCUT2D eigenvalue weighted by molar-refractivity contribution is 5.31. The van der Waals surface area contributed by atoms with Crippen LogP contribution in [0.25, 0.3) is 0 Å². The van der Waals surface area contributed by atoms with E-state index in [0.717, 1.165) is 32.1 Å². The third-order valence-corrected chi connectivity index (χ3v) is 4.51. The number of nitrogens with one attached hydrogen (secondary N) is 1. The summed E-state index contributed by atoms with van der Waals surface area (Å²) in [5.41, 5.74) is 1.06. The minimum Gasteiger partial charge on any atom is -0.497 e. The van der Waals surface area contributed by atoms with Gasteiger partial charge in [-0.15, -0.1) is 0 Å². The Bertz CT molecular complexity index is 688. The molecule has 0 spiro atoms. The van der Waals surface area contributed by atoms with Gasteiger partial charge in [-0.25, -0.2) is 0 Å². The summed E-state index contributed by atoms with van der Waals surface area (Å²) in [6.45, 7) is 10.2. The smallest absolute Gasteiger partial charge is 0.263 e. The van der Waals surface area contributed by atoms with E-state index in [-0.39, 0.29) is 11.5 Å². The number of benzene rings is 1. The maximum absolute atomic E-state index is 5.50. The number of rotatable bonds is 6. The minimum absolute atomic E-state index is 0.160. The predicted molar refractivity (Wildman–Crippen MR) is 99.6 cm³/mol. The van der Waals surface area contributed by atoms with E-state index < -0.39 is 0 Å². The second kappa shape index (κ2) is 8.05. The lowest BCUT2D eigenvalue weighted by Crippen LogP contribution is -2.41. The second-order valence-corrected chi connectivity index (χ2v) is 7.49. The fourth-order valence-electron chi connectivity index (χ4n) is 2.96. The largest absolute Gasteiger partial charge is 0.497 e. The van der Waals surface area contributed by atoms with Crippen molar-refractivity contribution in [2.45, 2.75) is 32.2 Å². The summed E-state index contributed by atoms with van der Waals surface area (Å²) >= 11 is 0. The molecule has 7 nitrogen and oxygen atoms in total. The molecule has 1 aliphatic heterocycles. The Morgan fingerprint density at radius 1 is 1.19 bits per heavy atom. The Kier molecular flexibility index (Phi) is 5.78. The maximum Gasteiger partial charge on any atom is 0.263 e. The van der Waals surface area contributed by atoms with Crippen molar-refractivity contribution >= 4 is 5.95 Å². The van der Waals surface area contributed by atoms with Crippen LogP contribution in [0.15, 0.2) is 28.8 Å². The first-order chi connectivity index (χ1) is 12.5. The molecule has 3 rings (SSSR count). The van der Waals surface area contributed by atoms with Crippen molar-refractivity contribution in [1.29, 1.82) is 0 Å². The molecule has 1 saturated heterocycles. The summed E-state index contributed by atoms with van der Waals surface area (Å²) in [5, 5.41) is 7.39. The molecule has 2 heterocycles. The first-order valence-electron chi connectivity index (χ1n) is 9.01.